The van der Waals surface area contributed by atoms with Crippen molar-refractivity contribution >= 4 is 41.4 Å². The monoisotopic (exact) mass is 373 g/mol. The number of thiol groups is 1. The first-order valence-corrected chi connectivity index (χ1v) is 10.2. The van der Waals surface area contributed by atoms with Crippen molar-refractivity contribution in [3.8, 4) is 0 Å². The van der Waals surface area contributed by atoms with E-state index in [0.717, 1.165) is 44.3 Å². The van der Waals surface area contributed by atoms with E-state index in [9.17, 15) is 14.4 Å². The molecule has 2 aliphatic heterocycles. The van der Waals surface area contributed by atoms with Crippen LogP contribution in [0, 0.1) is 0 Å². The maximum absolute atomic E-state index is 11.8. The predicted octanol–water partition coefficient (Wildman–Crippen LogP) is 1.85. The molecule has 6 nitrogen and oxygen atoms in total. The first-order valence-electron chi connectivity index (χ1n) is 8.73. The summed E-state index contributed by atoms with van der Waals surface area (Å²) >= 11 is 5.64. The number of nitrogens with one attached hydrogen (secondary N) is 3. The van der Waals surface area contributed by atoms with Crippen molar-refractivity contribution < 1.29 is 14.4 Å². The van der Waals surface area contributed by atoms with Crippen molar-refractivity contribution in [2.75, 3.05) is 12.3 Å². The lowest BCUT2D eigenvalue weighted by Gasteiger charge is -2.16. The van der Waals surface area contributed by atoms with E-state index in [4.69, 9.17) is 0 Å². The quantitative estimate of drug-likeness (QED) is 0.253. The number of rotatable bonds is 11. The van der Waals surface area contributed by atoms with Crippen LogP contribution in [0.15, 0.2) is 0 Å². The van der Waals surface area contributed by atoms with E-state index in [1.165, 1.54) is 0 Å². The third kappa shape index (κ3) is 6.55. The summed E-state index contributed by atoms with van der Waals surface area (Å²) in [5.74, 6) is 1.08. The van der Waals surface area contributed by atoms with Gasteiger partial charge in [0.25, 0.3) is 0 Å². The summed E-state index contributed by atoms with van der Waals surface area (Å²) in [5, 5.41) is 9.25. The van der Waals surface area contributed by atoms with E-state index in [1.54, 1.807) is 0 Å². The number of urea groups is 1. The number of thioether (sulfide) groups is 1. The molecule has 0 aromatic carbocycles. The minimum Gasteiger partial charge on any atom is -0.356 e. The molecule has 2 rings (SSSR count). The van der Waals surface area contributed by atoms with Gasteiger partial charge in [0.1, 0.15) is 0 Å². The lowest BCUT2D eigenvalue weighted by atomic mass is 10.0. The number of fused-ring (bicyclic) bond motifs is 1. The molecule has 2 heterocycles. The second-order valence-corrected chi connectivity index (χ2v) is 8.19. The number of hydrogen-bond acceptors (Lipinski definition) is 4. The fourth-order valence-electron chi connectivity index (χ4n) is 3.17. The molecule has 0 spiro atoms. The topological polar surface area (TPSA) is 87.3 Å². The molecule has 3 atom stereocenters. The number of carbonyl (C=O) groups is 3. The average molecular weight is 374 g/mol. The Balaban J connectivity index is 1.45. The van der Waals surface area contributed by atoms with Gasteiger partial charge in [0.2, 0.25) is 5.91 Å². The van der Waals surface area contributed by atoms with Crippen LogP contribution in [0.1, 0.15) is 51.4 Å². The van der Waals surface area contributed by atoms with E-state index < -0.39 is 0 Å². The zero-order valence-electron chi connectivity index (χ0n) is 13.9. The molecule has 0 saturated carbocycles. The van der Waals surface area contributed by atoms with E-state index in [0.29, 0.717) is 24.6 Å². The molecule has 2 saturated heterocycles. The number of amides is 3. The third-order valence-corrected chi connectivity index (χ3v) is 6.20. The Morgan fingerprint density at radius 1 is 1.12 bits per heavy atom. The zero-order chi connectivity index (χ0) is 17.4. The van der Waals surface area contributed by atoms with Gasteiger partial charge in [0.05, 0.1) is 12.1 Å². The normalized spacial score (nSPS) is 25.0. The fourth-order valence-corrected chi connectivity index (χ4v) is 4.87. The maximum Gasteiger partial charge on any atom is 0.315 e. The summed E-state index contributed by atoms with van der Waals surface area (Å²) in [7, 11) is 0. The van der Waals surface area contributed by atoms with Gasteiger partial charge in [-0.3, -0.25) is 9.59 Å². The van der Waals surface area contributed by atoms with Crippen molar-refractivity contribution in [2.24, 2.45) is 0 Å². The van der Waals surface area contributed by atoms with Gasteiger partial charge in [-0.15, -0.1) is 12.6 Å². The van der Waals surface area contributed by atoms with Crippen molar-refractivity contribution in [2.45, 2.75) is 68.7 Å². The van der Waals surface area contributed by atoms with Gasteiger partial charge in [-0.1, -0.05) is 12.8 Å². The molecule has 0 aromatic rings. The minimum absolute atomic E-state index is 0.0478. The molecule has 136 valence electrons. The van der Waals surface area contributed by atoms with Gasteiger partial charge in [0.15, 0.2) is 5.12 Å². The van der Waals surface area contributed by atoms with Crippen molar-refractivity contribution in [3.05, 3.63) is 0 Å². The SMILES string of the molecule is O=C(S)CCCCCNC(=O)CCCC[C@@H]1SC[C@@H]2NC(=O)N[C@@H]21. The summed E-state index contributed by atoms with van der Waals surface area (Å²) in [6.07, 6.45) is 6.68. The van der Waals surface area contributed by atoms with Crippen LogP contribution in [0.2, 0.25) is 0 Å². The molecule has 8 heteroatoms. The molecule has 0 aliphatic carbocycles. The predicted molar refractivity (Wildman–Crippen MR) is 99.4 cm³/mol. The van der Waals surface area contributed by atoms with E-state index in [2.05, 4.69) is 28.6 Å². The summed E-state index contributed by atoms with van der Waals surface area (Å²) in [4.78, 5) is 33.7. The summed E-state index contributed by atoms with van der Waals surface area (Å²) in [6.45, 7) is 0.680. The van der Waals surface area contributed by atoms with Crippen LogP contribution in [-0.4, -0.2) is 46.7 Å². The molecule has 0 radical (unpaired) electrons. The Hall–Kier alpha value is -0.890. The highest BCUT2D eigenvalue weighted by atomic mass is 32.2. The molecule has 2 fully saturated rings. The molecular formula is C16H27N3O3S2. The lowest BCUT2D eigenvalue weighted by Crippen LogP contribution is -2.36. The number of hydrogen-bond donors (Lipinski definition) is 4. The number of carbonyl (C=O) groups excluding carboxylic acids is 3. The molecule has 0 unspecified atom stereocenters. The molecule has 2 aliphatic rings. The van der Waals surface area contributed by atoms with E-state index >= 15 is 0 Å². The second kappa shape index (κ2) is 10.2. The smallest absolute Gasteiger partial charge is 0.315 e. The zero-order valence-corrected chi connectivity index (χ0v) is 15.6. The van der Waals surface area contributed by atoms with Gasteiger partial charge < -0.3 is 16.0 Å². The standard InChI is InChI=1S/C16H27N3O3S2/c20-13(17-9-5-1-2-8-14(21)23)7-4-3-6-12-15-11(10-24-12)18-16(22)19-15/h11-12,15H,1-10H2,(H,17,20)(H,21,23)(H2,18,19,22)/t11-,12-,15-/m0/s1. The largest absolute Gasteiger partial charge is 0.356 e. The molecular weight excluding hydrogens is 346 g/mol. The maximum atomic E-state index is 11.8. The van der Waals surface area contributed by atoms with Crippen LogP contribution in [0.25, 0.3) is 0 Å². The Bertz CT molecular complexity index is 462. The molecule has 24 heavy (non-hydrogen) atoms. The highest BCUT2D eigenvalue weighted by molar-refractivity contribution is 8.00. The Kier molecular flexibility index (Phi) is 8.24. The minimum atomic E-state index is -0.0706. The van der Waals surface area contributed by atoms with E-state index in [1.807, 2.05) is 11.8 Å². The van der Waals surface area contributed by atoms with Crippen LogP contribution in [0.4, 0.5) is 4.79 Å². The average Bonchev–Trinajstić information content (AvgIpc) is 3.06. The third-order valence-electron chi connectivity index (χ3n) is 4.47. The summed E-state index contributed by atoms with van der Waals surface area (Å²) in [6, 6.07) is 0.475. The second-order valence-electron chi connectivity index (χ2n) is 6.42. The van der Waals surface area contributed by atoms with Crippen LogP contribution in [0.5, 0.6) is 0 Å². The Labute approximate surface area is 153 Å². The van der Waals surface area contributed by atoms with Crippen molar-refractivity contribution in [3.63, 3.8) is 0 Å². The van der Waals surface area contributed by atoms with Gasteiger partial charge in [-0.25, -0.2) is 4.79 Å². The van der Waals surface area contributed by atoms with Gasteiger partial charge in [0, 0.05) is 30.4 Å². The van der Waals surface area contributed by atoms with Gasteiger partial charge in [-0.05, 0) is 25.7 Å². The van der Waals surface area contributed by atoms with Gasteiger partial charge >= 0.3 is 6.03 Å². The first kappa shape index (κ1) is 19.4. The van der Waals surface area contributed by atoms with E-state index in [-0.39, 0.29) is 29.1 Å². The van der Waals surface area contributed by atoms with Crippen molar-refractivity contribution in [1.82, 2.24) is 16.0 Å². The molecule has 3 amide bonds. The summed E-state index contributed by atoms with van der Waals surface area (Å²) in [5.41, 5.74) is 0. The van der Waals surface area contributed by atoms with Crippen LogP contribution >= 0.6 is 24.4 Å². The molecule has 3 N–H and O–H groups in total. The highest BCUT2D eigenvalue weighted by Gasteiger charge is 2.42. The van der Waals surface area contributed by atoms with Crippen LogP contribution in [0.3, 0.4) is 0 Å². The molecule has 0 aromatic heterocycles. The number of unbranched alkanes of at least 4 members (excludes halogenated alkanes) is 3. The molecule has 0 bridgehead atoms. The summed E-state index contributed by atoms with van der Waals surface area (Å²) < 4.78 is 0. The van der Waals surface area contributed by atoms with Crippen LogP contribution < -0.4 is 16.0 Å². The van der Waals surface area contributed by atoms with Crippen LogP contribution in [-0.2, 0) is 9.59 Å². The lowest BCUT2D eigenvalue weighted by molar-refractivity contribution is -0.121. The Morgan fingerprint density at radius 3 is 2.71 bits per heavy atom. The fraction of sp³-hybridized carbons (Fsp3) is 0.812. The Morgan fingerprint density at radius 2 is 1.92 bits per heavy atom. The first-order chi connectivity index (χ1) is 11.6. The van der Waals surface area contributed by atoms with Gasteiger partial charge in [-0.2, -0.15) is 11.8 Å². The highest BCUT2D eigenvalue weighted by Crippen LogP contribution is 2.33. The van der Waals surface area contributed by atoms with Crippen molar-refractivity contribution in [1.29, 1.82) is 0 Å².